The summed E-state index contributed by atoms with van der Waals surface area (Å²) in [5.41, 5.74) is 6.65. The molecule has 0 amide bonds. The molecule has 3 fully saturated rings. The van der Waals surface area contributed by atoms with E-state index in [1.807, 2.05) is 0 Å². The van der Waals surface area contributed by atoms with Crippen LogP contribution >= 0.6 is 0 Å². The molecule has 0 saturated heterocycles. The van der Waals surface area contributed by atoms with Crippen LogP contribution in [-0.4, -0.2) is 6.04 Å². The molecule has 1 nitrogen and oxygen atoms in total. The number of hydrogen-bond acceptors (Lipinski definition) is 1. The molecule has 1 spiro atoms. The van der Waals surface area contributed by atoms with Crippen molar-refractivity contribution in [1.82, 2.24) is 0 Å². The van der Waals surface area contributed by atoms with Gasteiger partial charge in [-0.25, -0.2) is 0 Å². The highest BCUT2D eigenvalue weighted by Gasteiger charge is 2.53. The van der Waals surface area contributed by atoms with Gasteiger partial charge < -0.3 is 5.73 Å². The summed E-state index contributed by atoms with van der Waals surface area (Å²) in [7, 11) is 0. The lowest BCUT2D eigenvalue weighted by atomic mass is 9.67. The van der Waals surface area contributed by atoms with Crippen LogP contribution in [0, 0.1) is 17.3 Å². The van der Waals surface area contributed by atoms with Gasteiger partial charge in [0, 0.05) is 6.04 Å². The van der Waals surface area contributed by atoms with Crippen molar-refractivity contribution in [1.29, 1.82) is 0 Å². The highest BCUT2D eigenvalue weighted by Crippen LogP contribution is 2.58. The Kier molecular flexibility index (Phi) is 1.74. The zero-order valence-corrected chi connectivity index (χ0v) is 8.47. The van der Waals surface area contributed by atoms with Crippen LogP contribution in [0.5, 0.6) is 0 Å². The van der Waals surface area contributed by atoms with Crippen molar-refractivity contribution in [3.63, 3.8) is 0 Å². The lowest BCUT2D eigenvalue weighted by Gasteiger charge is -2.38. The van der Waals surface area contributed by atoms with Gasteiger partial charge in [0.2, 0.25) is 0 Å². The third kappa shape index (κ3) is 1.24. The lowest BCUT2D eigenvalue weighted by Crippen LogP contribution is -2.29. The molecule has 1 atom stereocenters. The molecule has 2 N–H and O–H groups in total. The molecule has 13 heavy (non-hydrogen) atoms. The Labute approximate surface area is 81.1 Å². The van der Waals surface area contributed by atoms with Crippen LogP contribution in [0.25, 0.3) is 0 Å². The van der Waals surface area contributed by atoms with Gasteiger partial charge in [-0.3, -0.25) is 0 Å². The molecule has 0 heterocycles. The fourth-order valence-electron chi connectivity index (χ4n) is 3.55. The summed E-state index contributed by atoms with van der Waals surface area (Å²) in [5, 5.41) is 0. The van der Waals surface area contributed by atoms with E-state index in [-0.39, 0.29) is 0 Å². The van der Waals surface area contributed by atoms with Gasteiger partial charge in [-0.05, 0) is 49.4 Å². The van der Waals surface area contributed by atoms with E-state index >= 15 is 0 Å². The SMILES string of the molecule is NC1CC12CCC(C1CCC1)CC2. The Hall–Kier alpha value is -0.0400. The van der Waals surface area contributed by atoms with Crippen LogP contribution in [0.1, 0.15) is 51.4 Å². The van der Waals surface area contributed by atoms with Crippen LogP contribution < -0.4 is 5.73 Å². The molecule has 0 aliphatic heterocycles. The first kappa shape index (κ1) is 8.28. The van der Waals surface area contributed by atoms with Gasteiger partial charge in [-0.1, -0.05) is 19.3 Å². The van der Waals surface area contributed by atoms with Gasteiger partial charge in [-0.15, -0.1) is 0 Å². The number of nitrogens with two attached hydrogens (primary N) is 1. The quantitative estimate of drug-likeness (QED) is 0.658. The summed E-state index contributed by atoms with van der Waals surface area (Å²) in [6, 6.07) is 0.579. The Morgan fingerprint density at radius 2 is 1.46 bits per heavy atom. The molecule has 0 bridgehead atoms. The molecule has 0 radical (unpaired) electrons. The molecular weight excluding hydrogens is 158 g/mol. The molecule has 74 valence electrons. The van der Waals surface area contributed by atoms with Gasteiger partial charge in [-0.2, -0.15) is 0 Å². The van der Waals surface area contributed by atoms with Gasteiger partial charge in [0.1, 0.15) is 0 Å². The van der Waals surface area contributed by atoms with E-state index < -0.39 is 0 Å². The van der Waals surface area contributed by atoms with Crippen LogP contribution in [0.3, 0.4) is 0 Å². The second-order valence-electron chi connectivity index (χ2n) is 5.70. The van der Waals surface area contributed by atoms with Crippen molar-refractivity contribution < 1.29 is 0 Å². The van der Waals surface area contributed by atoms with Gasteiger partial charge >= 0.3 is 0 Å². The Bertz CT molecular complexity index is 199. The maximum Gasteiger partial charge on any atom is 0.0102 e. The highest BCUT2D eigenvalue weighted by atomic mass is 14.8. The van der Waals surface area contributed by atoms with Crippen molar-refractivity contribution >= 4 is 0 Å². The molecule has 3 aliphatic rings. The van der Waals surface area contributed by atoms with E-state index in [9.17, 15) is 0 Å². The third-order valence-corrected chi connectivity index (χ3v) is 5.10. The van der Waals surface area contributed by atoms with Crippen molar-refractivity contribution in [2.24, 2.45) is 23.0 Å². The van der Waals surface area contributed by atoms with Gasteiger partial charge in [0.15, 0.2) is 0 Å². The topological polar surface area (TPSA) is 26.0 Å². The second-order valence-corrected chi connectivity index (χ2v) is 5.70. The predicted octanol–water partition coefficient (Wildman–Crippen LogP) is 2.69. The van der Waals surface area contributed by atoms with E-state index in [2.05, 4.69) is 0 Å². The Morgan fingerprint density at radius 3 is 1.85 bits per heavy atom. The maximum atomic E-state index is 6.00. The summed E-state index contributed by atoms with van der Waals surface area (Å²) < 4.78 is 0. The minimum Gasteiger partial charge on any atom is -0.327 e. The maximum absolute atomic E-state index is 6.00. The summed E-state index contributed by atoms with van der Waals surface area (Å²) in [5.74, 6) is 2.21. The summed E-state index contributed by atoms with van der Waals surface area (Å²) in [4.78, 5) is 0. The highest BCUT2D eigenvalue weighted by molar-refractivity contribution is 5.08. The minimum absolute atomic E-state index is 0.579. The zero-order valence-electron chi connectivity index (χ0n) is 8.47. The second kappa shape index (κ2) is 2.73. The zero-order chi connectivity index (χ0) is 8.89. The van der Waals surface area contributed by atoms with Crippen LogP contribution in [0.4, 0.5) is 0 Å². The van der Waals surface area contributed by atoms with Gasteiger partial charge in [0.05, 0.1) is 0 Å². The number of hydrogen-bond donors (Lipinski definition) is 1. The molecule has 3 rings (SSSR count). The number of rotatable bonds is 1. The molecule has 1 heteroatoms. The van der Waals surface area contributed by atoms with Crippen molar-refractivity contribution in [3.8, 4) is 0 Å². The molecular formula is C12H21N. The van der Waals surface area contributed by atoms with Crippen LogP contribution in [0.15, 0.2) is 0 Å². The molecule has 0 aromatic rings. The minimum atomic E-state index is 0.579. The van der Waals surface area contributed by atoms with Crippen molar-refractivity contribution in [2.75, 3.05) is 0 Å². The van der Waals surface area contributed by atoms with E-state index in [1.165, 1.54) is 51.4 Å². The molecule has 3 aliphatic carbocycles. The summed E-state index contributed by atoms with van der Waals surface area (Å²) in [6.45, 7) is 0. The Morgan fingerprint density at radius 1 is 0.923 bits per heavy atom. The van der Waals surface area contributed by atoms with E-state index in [4.69, 9.17) is 5.73 Å². The first-order valence-corrected chi connectivity index (χ1v) is 6.06. The van der Waals surface area contributed by atoms with Crippen molar-refractivity contribution in [3.05, 3.63) is 0 Å². The first-order valence-electron chi connectivity index (χ1n) is 6.06. The van der Waals surface area contributed by atoms with E-state index in [1.54, 1.807) is 0 Å². The third-order valence-electron chi connectivity index (χ3n) is 5.10. The molecule has 3 saturated carbocycles. The van der Waals surface area contributed by atoms with Crippen molar-refractivity contribution in [2.45, 2.75) is 57.4 Å². The monoisotopic (exact) mass is 179 g/mol. The van der Waals surface area contributed by atoms with Gasteiger partial charge in [0.25, 0.3) is 0 Å². The fraction of sp³-hybridized carbons (Fsp3) is 1.00. The standard InChI is InChI=1S/C12H21N/c13-11-8-12(11)6-4-10(5-7-12)9-2-1-3-9/h9-11H,1-8,13H2. The fourth-order valence-corrected chi connectivity index (χ4v) is 3.55. The molecule has 0 aromatic carbocycles. The lowest BCUT2D eigenvalue weighted by molar-refractivity contribution is 0.130. The predicted molar refractivity (Wildman–Crippen MR) is 54.3 cm³/mol. The van der Waals surface area contributed by atoms with Crippen LogP contribution in [-0.2, 0) is 0 Å². The smallest absolute Gasteiger partial charge is 0.0102 e. The average Bonchev–Trinajstić information content (AvgIpc) is 2.64. The first-order chi connectivity index (χ1) is 6.30. The molecule has 1 unspecified atom stereocenters. The summed E-state index contributed by atoms with van der Waals surface area (Å²) in [6.07, 6.45) is 11.8. The van der Waals surface area contributed by atoms with E-state index in [0.717, 1.165) is 11.8 Å². The average molecular weight is 179 g/mol. The van der Waals surface area contributed by atoms with Crippen LogP contribution in [0.2, 0.25) is 0 Å². The largest absolute Gasteiger partial charge is 0.327 e. The summed E-state index contributed by atoms with van der Waals surface area (Å²) >= 11 is 0. The molecule has 0 aromatic heterocycles. The Balaban J connectivity index is 1.55. The normalized spacial score (nSPS) is 50.5. The van der Waals surface area contributed by atoms with E-state index in [0.29, 0.717) is 11.5 Å².